The van der Waals surface area contributed by atoms with Crippen LogP contribution in [0.2, 0.25) is 19.1 Å². The largest absolute Gasteiger partial charge is 0.445 e. The zero-order valence-electron chi connectivity index (χ0n) is 11.5. The molecular formula is C14H21NO3Si. The van der Waals surface area contributed by atoms with E-state index in [0.717, 1.165) is 17.8 Å². The van der Waals surface area contributed by atoms with Gasteiger partial charge in [-0.3, -0.25) is 0 Å². The summed E-state index contributed by atoms with van der Waals surface area (Å²) in [6, 6.07) is 10.5. The van der Waals surface area contributed by atoms with Gasteiger partial charge in [-0.05, 0) is 11.6 Å². The molecule has 0 aliphatic carbocycles. The van der Waals surface area contributed by atoms with E-state index in [1.807, 2.05) is 30.3 Å². The molecule has 1 atom stereocenters. The van der Waals surface area contributed by atoms with Gasteiger partial charge in [-0.25, -0.2) is 4.79 Å². The Labute approximate surface area is 115 Å². The molecule has 5 heteroatoms. The van der Waals surface area contributed by atoms with Crippen molar-refractivity contribution in [2.24, 2.45) is 0 Å². The lowest BCUT2D eigenvalue weighted by Crippen LogP contribution is -2.39. The van der Waals surface area contributed by atoms with Crippen LogP contribution in [0.15, 0.2) is 30.3 Å². The monoisotopic (exact) mass is 279 g/mol. The number of hydrogen-bond donors (Lipinski definition) is 1. The summed E-state index contributed by atoms with van der Waals surface area (Å²) in [6.07, 6.45) is 0.465. The molecule has 104 valence electrons. The van der Waals surface area contributed by atoms with Crippen LogP contribution in [0, 0.1) is 0 Å². The minimum atomic E-state index is -1.39. The Bertz CT molecular complexity index is 436. The van der Waals surface area contributed by atoms with E-state index in [9.17, 15) is 9.90 Å². The topological polar surface area (TPSA) is 49.8 Å². The fourth-order valence-electron chi connectivity index (χ4n) is 2.58. The van der Waals surface area contributed by atoms with Crippen LogP contribution in [0.3, 0.4) is 0 Å². The highest BCUT2D eigenvalue weighted by Gasteiger charge is 2.41. The van der Waals surface area contributed by atoms with E-state index in [-0.39, 0.29) is 25.3 Å². The smallest absolute Gasteiger partial charge is 0.410 e. The minimum Gasteiger partial charge on any atom is -0.445 e. The molecule has 0 radical (unpaired) electrons. The van der Waals surface area contributed by atoms with Crippen molar-refractivity contribution in [2.45, 2.75) is 31.8 Å². The first-order chi connectivity index (χ1) is 9.02. The first-order valence-electron chi connectivity index (χ1n) is 6.60. The van der Waals surface area contributed by atoms with Crippen LogP contribution in [0.4, 0.5) is 4.79 Å². The molecule has 1 fully saturated rings. The molecule has 0 aromatic heterocycles. The molecule has 1 N–H and O–H groups in total. The van der Waals surface area contributed by atoms with Gasteiger partial charge in [0, 0.05) is 6.17 Å². The lowest BCUT2D eigenvalue weighted by atomic mass is 10.2. The van der Waals surface area contributed by atoms with Crippen LogP contribution >= 0.6 is 0 Å². The summed E-state index contributed by atoms with van der Waals surface area (Å²) >= 11 is 0. The number of nitrogens with zero attached hydrogens (tertiary/aromatic N) is 1. The van der Waals surface area contributed by atoms with Crippen molar-refractivity contribution in [2.75, 3.05) is 12.8 Å². The average molecular weight is 279 g/mol. The number of hydrogen-bond acceptors (Lipinski definition) is 3. The Hall–Kier alpha value is -1.33. The van der Waals surface area contributed by atoms with E-state index >= 15 is 0 Å². The summed E-state index contributed by atoms with van der Waals surface area (Å²) in [5.74, 6) is 0. The SMILES string of the molecule is C[Si]1(C)C[C@@H](CO)N(C(=O)OCc2ccccc2)C1. The average Bonchev–Trinajstić information content (AvgIpc) is 2.72. The third-order valence-corrected chi connectivity index (χ3v) is 6.25. The molecular weight excluding hydrogens is 258 g/mol. The standard InChI is InChI=1S/C14H21NO3Si/c1-19(2)10-13(8-16)15(11-19)14(17)18-9-12-6-4-3-5-7-12/h3-7,13,16H,8-11H2,1-2H3/t13-/m1/s1. The summed E-state index contributed by atoms with van der Waals surface area (Å²) in [5.41, 5.74) is 0.979. The second-order valence-electron chi connectivity index (χ2n) is 5.87. The molecule has 1 aliphatic rings. The van der Waals surface area contributed by atoms with Crippen molar-refractivity contribution in [3.8, 4) is 0 Å². The highest BCUT2D eigenvalue weighted by Crippen LogP contribution is 2.27. The van der Waals surface area contributed by atoms with Gasteiger partial charge >= 0.3 is 6.09 Å². The third-order valence-electron chi connectivity index (χ3n) is 3.48. The van der Waals surface area contributed by atoms with Gasteiger partial charge in [0.25, 0.3) is 0 Å². The van der Waals surface area contributed by atoms with E-state index in [1.54, 1.807) is 4.90 Å². The van der Waals surface area contributed by atoms with Gasteiger partial charge in [0.1, 0.15) is 6.61 Å². The summed E-state index contributed by atoms with van der Waals surface area (Å²) in [4.78, 5) is 13.8. The molecule has 1 amide bonds. The van der Waals surface area contributed by atoms with Crippen molar-refractivity contribution in [3.63, 3.8) is 0 Å². The maximum Gasteiger partial charge on any atom is 0.410 e. The predicted molar refractivity (Wildman–Crippen MR) is 76.5 cm³/mol. The number of ether oxygens (including phenoxy) is 1. The Balaban J connectivity index is 1.93. The van der Waals surface area contributed by atoms with Gasteiger partial charge in [-0.2, -0.15) is 0 Å². The normalized spacial score (nSPS) is 21.4. The van der Waals surface area contributed by atoms with E-state index in [0.29, 0.717) is 0 Å². The highest BCUT2D eigenvalue weighted by atomic mass is 28.3. The van der Waals surface area contributed by atoms with Crippen molar-refractivity contribution in [1.29, 1.82) is 0 Å². The number of carbonyl (C=O) groups excluding carboxylic acids is 1. The number of benzene rings is 1. The Kier molecular flexibility index (Phi) is 4.26. The number of rotatable bonds is 3. The van der Waals surface area contributed by atoms with Crippen LogP contribution in [-0.2, 0) is 11.3 Å². The Morgan fingerprint density at radius 2 is 2.11 bits per heavy atom. The fourth-order valence-corrected chi connectivity index (χ4v) is 5.65. The molecule has 1 saturated heterocycles. The van der Waals surface area contributed by atoms with Crippen LogP contribution < -0.4 is 0 Å². The molecule has 0 spiro atoms. The van der Waals surface area contributed by atoms with Crippen LogP contribution in [0.1, 0.15) is 5.56 Å². The second-order valence-corrected chi connectivity index (χ2v) is 10.9. The second kappa shape index (κ2) is 5.75. The van der Waals surface area contributed by atoms with Gasteiger partial charge in [-0.15, -0.1) is 0 Å². The van der Waals surface area contributed by atoms with Gasteiger partial charge < -0.3 is 14.7 Å². The molecule has 1 aliphatic heterocycles. The molecule has 1 aromatic rings. The zero-order valence-corrected chi connectivity index (χ0v) is 12.5. The highest BCUT2D eigenvalue weighted by molar-refractivity contribution is 6.78. The van der Waals surface area contributed by atoms with Gasteiger partial charge in [-0.1, -0.05) is 43.4 Å². The summed E-state index contributed by atoms with van der Waals surface area (Å²) in [6.45, 7) is 4.79. The molecule has 19 heavy (non-hydrogen) atoms. The van der Waals surface area contributed by atoms with E-state index < -0.39 is 8.07 Å². The number of aliphatic hydroxyl groups excluding tert-OH is 1. The Morgan fingerprint density at radius 1 is 1.42 bits per heavy atom. The quantitative estimate of drug-likeness (QED) is 0.863. The number of amides is 1. The number of aliphatic hydroxyl groups is 1. The van der Waals surface area contributed by atoms with Crippen LogP contribution in [0.25, 0.3) is 0 Å². The summed E-state index contributed by atoms with van der Waals surface area (Å²) < 4.78 is 5.34. The predicted octanol–water partition coefficient (Wildman–Crippen LogP) is 2.25. The number of carbonyl (C=O) groups is 1. The maximum absolute atomic E-state index is 12.1. The van der Waals surface area contributed by atoms with Crippen LogP contribution in [0.5, 0.6) is 0 Å². The summed E-state index contributed by atoms with van der Waals surface area (Å²) in [7, 11) is -1.39. The zero-order chi connectivity index (χ0) is 13.9. The molecule has 2 rings (SSSR count). The van der Waals surface area contributed by atoms with Crippen molar-refractivity contribution < 1.29 is 14.6 Å². The van der Waals surface area contributed by atoms with E-state index in [4.69, 9.17) is 4.74 Å². The molecule has 0 bridgehead atoms. The van der Waals surface area contributed by atoms with E-state index in [1.165, 1.54) is 0 Å². The molecule has 1 aromatic carbocycles. The lowest BCUT2D eigenvalue weighted by molar-refractivity contribution is 0.0815. The third kappa shape index (κ3) is 3.58. The first-order valence-corrected chi connectivity index (χ1v) is 10.0. The molecule has 4 nitrogen and oxygen atoms in total. The van der Waals surface area contributed by atoms with Crippen molar-refractivity contribution in [3.05, 3.63) is 35.9 Å². The summed E-state index contributed by atoms with van der Waals surface area (Å²) in [5, 5.41) is 9.38. The molecule has 0 saturated carbocycles. The van der Waals surface area contributed by atoms with Crippen molar-refractivity contribution >= 4 is 14.2 Å². The van der Waals surface area contributed by atoms with E-state index in [2.05, 4.69) is 13.1 Å². The molecule has 0 unspecified atom stereocenters. The van der Waals surface area contributed by atoms with Gasteiger partial charge in [0.2, 0.25) is 0 Å². The fraction of sp³-hybridized carbons (Fsp3) is 0.500. The van der Waals surface area contributed by atoms with Gasteiger partial charge in [0.05, 0.1) is 20.7 Å². The lowest BCUT2D eigenvalue weighted by Gasteiger charge is -2.22. The Morgan fingerprint density at radius 3 is 2.74 bits per heavy atom. The first kappa shape index (κ1) is 14.1. The van der Waals surface area contributed by atoms with Crippen molar-refractivity contribution in [1.82, 2.24) is 4.90 Å². The molecule has 1 heterocycles. The maximum atomic E-state index is 12.1. The van der Waals surface area contributed by atoms with Crippen LogP contribution in [-0.4, -0.2) is 43.0 Å². The van der Waals surface area contributed by atoms with Gasteiger partial charge in [0.15, 0.2) is 0 Å². The minimum absolute atomic E-state index is 0.0247.